The van der Waals surface area contributed by atoms with Crippen molar-refractivity contribution in [3.8, 4) is 0 Å². The van der Waals surface area contributed by atoms with E-state index in [-0.39, 0.29) is 5.75 Å². The zero-order valence-electron chi connectivity index (χ0n) is 6.73. The predicted molar refractivity (Wildman–Crippen MR) is 46.9 cm³/mol. The van der Waals surface area contributed by atoms with Gasteiger partial charge in [-0.1, -0.05) is 0 Å². The second-order valence-corrected chi connectivity index (χ2v) is 5.10. The molecule has 0 atom stereocenters. The SMILES string of the molecule is Cn1c(CS(C)(=O)=O)n[nH]c1=S. The van der Waals surface area contributed by atoms with Crippen LogP contribution < -0.4 is 0 Å². The first kappa shape index (κ1) is 9.40. The summed E-state index contributed by atoms with van der Waals surface area (Å²) >= 11 is 4.81. The fraction of sp³-hybridized carbons (Fsp3) is 0.600. The molecule has 0 spiro atoms. The molecule has 0 saturated heterocycles. The van der Waals surface area contributed by atoms with E-state index >= 15 is 0 Å². The van der Waals surface area contributed by atoms with Gasteiger partial charge in [0.15, 0.2) is 14.6 Å². The minimum Gasteiger partial charge on any atom is -0.306 e. The van der Waals surface area contributed by atoms with Crippen LogP contribution in [0, 0.1) is 4.77 Å². The van der Waals surface area contributed by atoms with Gasteiger partial charge in [-0.3, -0.25) is 5.10 Å². The highest BCUT2D eigenvalue weighted by Crippen LogP contribution is 1.99. The maximum absolute atomic E-state index is 10.9. The number of hydrogen-bond donors (Lipinski definition) is 1. The number of sulfone groups is 1. The van der Waals surface area contributed by atoms with Gasteiger partial charge in [-0.2, -0.15) is 5.10 Å². The summed E-state index contributed by atoms with van der Waals surface area (Å²) in [5.74, 6) is 0.346. The molecular formula is C5H9N3O2S2. The van der Waals surface area contributed by atoms with Gasteiger partial charge >= 0.3 is 0 Å². The summed E-state index contributed by atoms with van der Waals surface area (Å²) in [4.78, 5) is 0. The first-order valence-electron chi connectivity index (χ1n) is 3.18. The fourth-order valence-electron chi connectivity index (χ4n) is 0.743. The Morgan fingerprint density at radius 3 is 2.58 bits per heavy atom. The first-order chi connectivity index (χ1) is 5.40. The Labute approximate surface area is 75.3 Å². The lowest BCUT2D eigenvalue weighted by Crippen LogP contribution is -2.06. The highest BCUT2D eigenvalue weighted by molar-refractivity contribution is 7.89. The van der Waals surface area contributed by atoms with Crippen molar-refractivity contribution < 1.29 is 8.42 Å². The van der Waals surface area contributed by atoms with E-state index in [9.17, 15) is 8.42 Å². The van der Waals surface area contributed by atoms with Gasteiger partial charge in [-0.05, 0) is 12.2 Å². The average molecular weight is 207 g/mol. The average Bonchev–Trinajstić information content (AvgIpc) is 2.16. The molecule has 1 N–H and O–H groups in total. The standard InChI is InChI=1S/C5H9N3O2S2/c1-8-4(3-12(2,9)10)6-7-5(8)11/h3H2,1-2H3,(H,7,11). The molecule has 0 bridgehead atoms. The zero-order chi connectivity index (χ0) is 9.35. The number of H-pyrrole nitrogens is 1. The molecule has 1 aromatic rings. The maximum atomic E-state index is 10.9. The highest BCUT2D eigenvalue weighted by atomic mass is 32.2. The number of rotatable bonds is 2. The van der Waals surface area contributed by atoms with E-state index in [2.05, 4.69) is 10.2 Å². The van der Waals surface area contributed by atoms with E-state index in [0.29, 0.717) is 10.6 Å². The van der Waals surface area contributed by atoms with Crippen LogP contribution in [0.5, 0.6) is 0 Å². The molecule has 0 aliphatic heterocycles. The molecule has 1 heterocycles. The number of aromatic nitrogens is 3. The Balaban J connectivity index is 3.07. The summed E-state index contributed by atoms with van der Waals surface area (Å²) in [5.41, 5.74) is 0. The van der Waals surface area contributed by atoms with Crippen LogP contribution in [-0.4, -0.2) is 29.4 Å². The summed E-state index contributed by atoms with van der Waals surface area (Å²) in [6, 6.07) is 0. The van der Waals surface area contributed by atoms with E-state index in [1.54, 1.807) is 7.05 Å². The van der Waals surface area contributed by atoms with Crippen molar-refractivity contribution in [3.63, 3.8) is 0 Å². The van der Waals surface area contributed by atoms with Crippen LogP contribution in [0.2, 0.25) is 0 Å². The van der Waals surface area contributed by atoms with E-state index in [1.165, 1.54) is 4.57 Å². The smallest absolute Gasteiger partial charge is 0.194 e. The molecule has 0 radical (unpaired) electrons. The molecule has 0 saturated carbocycles. The predicted octanol–water partition coefficient (Wildman–Crippen LogP) is 0.0223. The lowest BCUT2D eigenvalue weighted by molar-refractivity contribution is 0.598. The van der Waals surface area contributed by atoms with Gasteiger partial charge in [0.25, 0.3) is 0 Å². The number of hydrogen-bond acceptors (Lipinski definition) is 4. The molecule has 0 unspecified atom stereocenters. The van der Waals surface area contributed by atoms with E-state index in [0.717, 1.165) is 6.26 Å². The monoisotopic (exact) mass is 207 g/mol. The molecule has 0 fully saturated rings. The number of aromatic amines is 1. The van der Waals surface area contributed by atoms with Gasteiger partial charge in [0.05, 0.1) is 0 Å². The molecule has 0 aliphatic carbocycles. The molecule has 0 aromatic carbocycles. The Bertz CT molecular complexity index is 428. The lowest BCUT2D eigenvalue weighted by Gasteiger charge is -1.96. The fourth-order valence-corrected chi connectivity index (χ4v) is 1.62. The van der Waals surface area contributed by atoms with Crippen molar-refractivity contribution in [1.82, 2.24) is 14.8 Å². The third kappa shape index (κ3) is 2.15. The lowest BCUT2D eigenvalue weighted by atomic mass is 10.7. The van der Waals surface area contributed by atoms with Crippen molar-refractivity contribution in [1.29, 1.82) is 0 Å². The maximum Gasteiger partial charge on any atom is 0.194 e. The Kier molecular flexibility index (Phi) is 2.34. The van der Waals surface area contributed by atoms with Crippen LogP contribution >= 0.6 is 12.2 Å². The molecule has 1 rings (SSSR count). The first-order valence-corrected chi connectivity index (χ1v) is 5.65. The zero-order valence-corrected chi connectivity index (χ0v) is 8.37. The minimum atomic E-state index is -3.04. The van der Waals surface area contributed by atoms with Gasteiger partial charge < -0.3 is 4.57 Å². The highest BCUT2D eigenvalue weighted by Gasteiger charge is 2.09. The van der Waals surface area contributed by atoms with Crippen LogP contribution in [0.15, 0.2) is 0 Å². The van der Waals surface area contributed by atoms with Crippen molar-refractivity contribution in [2.45, 2.75) is 5.75 Å². The van der Waals surface area contributed by atoms with E-state index in [1.807, 2.05) is 0 Å². The molecule has 68 valence electrons. The molecule has 12 heavy (non-hydrogen) atoms. The van der Waals surface area contributed by atoms with Crippen LogP contribution in [-0.2, 0) is 22.6 Å². The molecule has 5 nitrogen and oxygen atoms in total. The summed E-state index contributed by atoms with van der Waals surface area (Å²) in [5, 5.41) is 6.28. The summed E-state index contributed by atoms with van der Waals surface area (Å²) in [6.45, 7) is 0. The third-order valence-electron chi connectivity index (χ3n) is 1.36. The van der Waals surface area contributed by atoms with Crippen molar-refractivity contribution in [2.24, 2.45) is 7.05 Å². The quantitative estimate of drug-likeness (QED) is 0.694. The van der Waals surface area contributed by atoms with Crippen LogP contribution in [0.1, 0.15) is 5.82 Å². The molecule has 1 aromatic heterocycles. The van der Waals surface area contributed by atoms with E-state index in [4.69, 9.17) is 12.2 Å². The van der Waals surface area contributed by atoms with Crippen molar-refractivity contribution in [3.05, 3.63) is 10.6 Å². The summed E-state index contributed by atoms with van der Waals surface area (Å²) < 4.78 is 23.7. The van der Waals surface area contributed by atoms with Gasteiger partial charge in [-0.15, -0.1) is 0 Å². The van der Waals surface area contributed by atoms with Crippen LogP contribution in [0.4, 0.5) is 0 Å². The number of nitrogens with one attached hydrogen (secondary N) is 1. The van der Waals surface area contributed by atoms with E-state index < -0.39 is 9.84 Å². The Morgan fingerprint density at radius 2 is 2.25 bits per heavy atom. The van der Waals surface area contributed by atoms with Gasteiger partial charge in [0, 0.05) is 13.3 Å². The molecule has 7 heteroatoms. The third-order valence-corrected chi connectivity index (χ3v) is 2.51. The summed E-state index contributed by atoms with van der Waals surface area (Å²) in [6.07, 6.45) is 1.16. The largest absolute Gasteiger partial charge is 0.306 e. The van der Waals surface area contributed by atoms with Gasteiger partial charge in [-0.25, -0.2) is 8.42 Å². The summed E-state index contributed by atoms with van der Waals surface area (Å²) in [7, 11) is -1.36. The minimum absolute atomic E-state index is 0.0867. The Hall–Kier alpha value is -0.690. The Morgan fingerprint density at radius 1 is 1.67 bits per heavy atom. The number of nitrogens with zero attached hydrogens (tertiary/aromatic N) is 2. The van der Waals surface area contributed by atoms with Crippen molar-refractivity contribution in [2.75, 3.05) is 6.26 Å². The second kappa shape index (κ2) is 2.98. The van der Waals surface area contributed by atoms with Crippen LogP contribution in [0.3, 0.4) is 0 Å². The molecule has 0 aliphatic rings. The van der Waals surface area contributed by atoms with Crippen LogP contribution in [0.25, 0.3) is 0 Å². The molecular weight excluding hydrogens is 198 g/mol. The van der Waals surface area contributed by atoms with Crippen molar-refractivity contribution >= 4 is 22.1 Å². The topological polar surface area (TPSA) is 67.8 Å². The van der Waals surface area contributed by atoms with Gasteiger partial charge in [0.1, 0.15) is 11.6 Å². The molecule has 0 amide bonds. The normalized spacial score (nSPS) is 11.8. The second-order valence-electron chi connectivity index (χ2n) is 2.57. The van der Waals surface area contributed by atoms with Gasteiger partial charge in [0.2, 0.25) is 0 Å².